The summed E-state index contributed by atoms with van der Waals surface area (Å²) in [5.74, 6) is -1.01. The number of amides is 5. The molecule has 17 nitrogen and oxygen atoms in total. The topological polar surface area (TPSA) is 232 Å². The van der Waals surface area contributed by atoms with Crippen LogP contribution >= 0.6 is 0 Å². The Morgan fingerprint density at radius 2 is 0.772 bits per heavy atom. The third kappa shape index (κ3) is 56.2. The number of rotatable bonds is 63. The molecule has 79 heavy (non-hydrogen) atoms. The number of hydrogen-bond acceptors (Lipinski definition) is 12. The Labute approximate surface area is 480 Å². The van der Waals surface area contributed by atoms with Gasteiger partial charge in [0.15, 0.2) is 5.78 Å². The molecule has 0 saturated carbocycles. The molecule has 5 amide bonds. The number of carbonyl (C=O) groups is 6. The number of nitrogens with two attached hydrogens (primary N) is 1. The number of ether oxygens (including phenoxy) is 6. The van der Waals surface area contributed by atoms with Gasteiger partial charge in [0.25, 0.3) is 0 Å². The predicted molar refractivity (Wildman–Crippen MR) is 317 cm³/mol. The van der Waals surface area contributed by atoms with Gasteiger partial charge in [-0.3, -0.25) is 28.8 Å². The van der Waals surface area contributed by atoms with Gasteiger partial charge in [0.2, 0.25) is 29.5 Å². The zero-order valence-corrected chi connectivity index (χ0v) is 50.5. The summed E-state index contributed by atoms with van der Waals surface area (Å²) in [7, 11) is 0. The van der Waals surface area contributed by atoms with E-state index in [1.165, 1.54) is 116 Å². The van der Waals surface area contributed by atoms with Crippen LogP contribution in [0.25, 0.3) is 0 Å². The van der Waals surface area contributed by atoms with Crippen LogP contribution in [0.2, 0.25) is 0 Å². The third-order valence-corrected chi connectivity index (χ3v) is 13.9. The van der Waals surface area contributed by atoms with E-state index in [0.717, 1.165) is 56.9 Å². The van der Waals surface area contributed by atoms with Crippen molar-refractivity contribution in [2.75, 3.05) is 105 Å². The number of ketones is 1. The van der Waals surface area contributed by atoms with Gasteiger partial charge in [0.1, 0.15) is 13.2 Å². The van der Waals surface area contributed by atoms with Crippen LogP contribution in [0, 0.1) is 11.8 Å². The highest BCUT2D eigenvalue weighted by Crippen LogP contribution is 2.20. The number of nitrogens with one attached hydrogen (secondary N) is 4. The molecule has 0 unspecified atom stereocenters. The van der Waals surface area contributed by atoms with Gasteiger partial charge in [0.05, 0.1) is 66.1 Å². The summed E-state index contributed by atoms with van der Waals surface area (Å²) < 4.78 is 33.6. The second-order valence-electron chi connectivity index (χ2n) is 21.5. The molecular weight excluding hydrogens is 1010 g/mol. The molecule has 2 atom stereocenters. The molecule has 0 rings (SSSR count). The molecule has 462 valence electrons. The van der Waals surface area contributed by atoms with Crippen LogP contribution in [0.4, 0.5) is 0 Å². The fourth-order valence-electron chi connectivity index (χ4n) is 8.91. The number of Topliss-reactive ketones (excluding diaryl/α,β-unsaturated/α-hetero) is 1. The average molecular weight is 1120 g/mol. The molecule has 0 radical (unpaired) electrons. The van der Waals surface area contributed by atoms with Crippen molar-refractivity contribution in [3.63, 3.8) is 0 Å². The summed E-state index contributed by atoms with van der Waals surface area (Å²) in [6.07, 6.45) is 34.6. The van der Waals surface area contributed by atoms with Crippen molar-refractivity contribution in [1.29, 1.82) is 0 Å². The number of primary amides is 1. The molecule has 6 N–H and O–H groups in total. The Kier molecular flexibility index (Phi) is 56.5. The maximum Gasteiger partial charge on any atom is 0.245 e. The van der Waals surface area contributed by atoms with Crippen molar-refractivity contribution in [3.8, 4) is 0 Å². The van der Waals surface area contributed by atoms with E-state index in [4.69, 9.17) is 34.2 Å². The molecule has 0 fully saturated rings. The van der Waals surface area contributed by atoms with Crippen LogP contribution in [-0.4, -0.2) is 141 Å². The lowest BCUT2D eigenvalue weighted by Gasteiger charge is -2.18. The zero-order chi connectivity index (χ0) is 57.9. The number of unbranched alkanes of at least 4 members (excludes halogenated alkanes) is 23. The first-order valence-electron chi connectivity index (χ1n) is 31.5. The first-order chi connectivity index (χ1) is 38.5. The van der Waals surface area contributed by atoms with E-state index in [0.29, 0.717) is 111 Å². The smallest absolute Gasteiger partial charge is 0.245 e. The van der Waals surface area contributed by atoms with E-state index in [1.807, 2.05) is 0 Å². The molecule has 0 aromatic carbocycles. The minimum atomic E-state index is -0.337. The van der Waals surface area contributed by atoms with Gasteiger partial charge in [-0.1, -0.05) is 181 Å². The van der Waals surface area contributed by atoms with Crippen molar-refractivity contribution >= 4 is 35.3 Å². The Morgan fingerprint density at radius 3 is 1.25 bits per heavy atom. The molecular formula is C62H117N5O12. The minimum Gasteiger partial charge on any atom is -0.377 e. The minimum absolute atomic E-state index is 0.0200. The van der Waals surface area contributed by atoms with Crippen LogP contribution in [-0.2, 0) is 57.2 Å². The molecule has 0 aliphatic heterocycles. The van der Waals surface area contributed by atoms with Gasteiger partial charge >= 0.3 is 0 Å². The van der Waals surface area contributed by atoms with E-state index in [1.54, 1.807) is 6.92 Å². The van der Waals surface area contributed by atoms with E-state index in [9.17, 15) is 28.8 Å². The van der Waals surface area contributed by atoms with Gasteiger partial charge < -0.3 is 55.4 Å². The quantitative estimate of drug-likeness (QED) is 0.0283. The Balaban J connectivity index is 4.42. The van der Waals surface area contributed by atoms with Crippen LogP contribution in [0.3, 0.4) is 0 Å². The molecule has 0 heterocycles. The molecule has 17 heteroatoms. The maximum atomic E-state index is 13.4. The highest BCUT2D eigenvalue weighted by molar-refractivity contribution is 5.80. The van der Waals surface area contributed by atoms with E-state index >= 15 is 0 Å². The van der Waals surface area contributed by atoms with Gasteiger partial charge in [-0.15, -0.1) is 0 Å². The summed E-state index contributed by atoms with van der Waals surface area (Å²) in [6.45, 7) is 15.4. The predicted octanol–water partition coefficient (Wildman–Crippen LogP) is 10.3. The van der Waals surface area contributed by atoms with Crippen molar-refractivity contribution < 1.29 is 57.2 Å². The molecule has 0 aromatic rings. The highest BCUT2D eigenvalue weighted by Gasteiger charge is 2.19. The standard InChI is InChI=1S/C62H117N5O12/c1-5-7-9-11-13-15-17-19-21-23-28-35-58(69)65-38-41-74-44-47-77-51-54(3)50-56(62(73)67-40-43-76-46-49-79-53-60(71)64-37-31-30-32-55(4)61(63)72)33-26-25-27-34-57(68)52-78-48-45-75-42-39-66-59(70)36-29-24-22-20-18-16-14-12-10-8-6-2/h55-56H,3,5-53H2,1-2,4H3,(H2,63,72)(H,64,71)(H,65,69)(H,66,70)(H,67,73)/t55-,56+/m0/s1. The monoisotopic (exact) mass is 1120 g/mol. The van der Waals surface area contributed by atoms with Crippen LogP contribution in [0.1, 0.15) is 233 Å². The van der Waals surface area contributed by atoms with Gasteiger partial charge in [-0.2, -0.15) is 0 Å². The summed E-state index contributed by atoms with van der Waals surface area (Å²) >= 11 is 0. The van der Waals surface area contributed by atoms with E-state index in [2.05, 4.69) is 41.7 Å². The molecule has 0 saturated heterocycles. The van der Waals surface area contributed by atoms with Crippen LogP contribution < -0.4 is 27.0 Å². The lowest BCUT2D eigenvalue weighted by molar-refractivity contribution is -0.127. The Hall–Kier alpha value is -3.48. The molecule has 0 aromatic heterocycles. The molecule has 0 aliphatic carbocycles. The van der Waals surface area contributed by atoms with Gasteiger partial charge in [-0.25, -0.2) is 0 Å². The first kappa shape index (κ1) is 75.5. The SMILES string of the molecule is C=C(COCCOCCNC(=O)CCCCCCCCCCCCC)C[C@@H](CCCCCC(=O)COCCOCCNC(=O)CCCCCCCCCCCCC)C(=O)NCCOCCOCC(=O)NCCCC[C@H](C)C(N)=O. The van der Waals surface area contributed by atoms with Crippen molar-refractivity contribution in [3.05, 3.63) is 12.2 Å². The highest BCUT2D eigenvalue weighted by atomic mass is 16.5. The fourth-order valence-corrected chi connectivity index (χ4v) is 8.91. The summed E-state index contributed by atoms with van der Waals surface area (Å²) in [5.41, 5.74) is 6.08. The van der Waals surface area contributed by atoms with Crippen LogP contribution in [0.5, 0.6) is 0 Å². The lowest BCUT2D eigenvalue weighted by atomic mass is 9.93. The fraction of sp³-hybridized carbons (Fsp3) is 0.871. The zero-order valence-electron chi connectivity index (χ0n) is 50.5. The van der Waals surface area contributed by atoms with Crippen molar-refractivity contribution in [2.24, 2.45) is 17.6 Å². The second kappa shape index (κ2) is 59.2. The van der Waals surface area contributed by atoms with E-state index in [-0.39, 0.29) is 86.8 Å². The third-order valence-electron chi connectivity index (χ3n) is 13.9. The van der Waals surface area contributed by atoms with E-state index < -0.39 is 0 Å². The lowest BCUT2D eigenvalue weighted by Crippen LogP contribution is -2.34. The molecule has 0 bridgehead atoms. The van der Waals surface area contributed by atoms with Crippen molar-refractivity contribution in [2.45, 2.75) is 233 Å². The summed E-state index contributed by atoms with van der Waals surface area (Å²) in [5, 5.41) is 11.6. The Bertz CT molecular complexity index is 1490. The number of hydrogen-bond donors (Lipinski definition) is 5. The van der Waals surface area contributed by atoms with Crippen LogP contribution in [0.15, 0.2) is 12.2 Å². The summed E-state index contributed by atoms with van der Waals surface area (Å²) in [6, 6.07) is 0. The molecule has 0 spiro atoms. The maximum absolute atomic E-state index is 13.4. The summed E-state index contributed by atoms with van der Waals surface area (Å²) in [4.78, 5) is 73.5. The second-order valence-corrected chi connectivity index (χ2v) is 21.5. The largest absolute Gasteiger partial charge is 0.377 e. The number of carbonyl (C=O) groups excluding carboxylic acids is 6. The normalized spacial score (nSPS) is 12.0. The molecule has 0 aliphatic rings. The van der Waals surface area contributed by atoms with Crippen molar-refractivity contribution in [1.82, 2.24) is 21.3 Å². The Morgan fingerprint density at radius 1 is 0.392 bits per heavy atom. The first-order valence-corrected chi connectivity index (χ1v) is 31.5. The average Bonchev–Trinajstić information content (AvgIpc) is 3.43. The van der Waals surface area contributed by atoms with Gasteiger partial charge in [0, 0.05) is 57.3 Å². The van der Waals surface area contributed by atoms with Gasteiger partial charge in [-0.05, 0) is 44.9 Å².